The van der Waals surface area contributed by atoms with Crippen molar-refractivity contribution in [1.29, 1.82) is 0 Å². The molecule has 0 aliphatic carbocycles. The first-order valence-corrected chi connectivity index (χ1v) is 7.14. The van der Waals surface area contributed by atoms with Crippen molar-refractivity contribution in [3.63, 3.8) is 0 Å². The topological polar surface area (TPSA) is 38.3 Å². The van der Waals surface area contributed by atoms with Gasteiger partial charge in [0.2, 0.25) is 0 Å². The molecule has 2 aromatic carbocycles. The van der Waals surface area contributed by atoms with Gasteiger partial charge in [-0.15, -0.1) is 0 Å². The summed E-state index contributed by atoms with van der Waals surface area (Å²) in [4.78, 5) is 12.1. The second-order valence-electron chi connectivity index (χ2n) is 5.05. The maximum Gasteiger partial charge on any atom is 0.265 e. The zero-order valence-electron chi connectivity index (χ0n) is 12.3. The molecule has 2 aromatic rings. The van der Waals surface area contributed by atoms with Gasteiger partial charge in [-0.25, -0.2) is 0 Å². The van der Waals surface area contributed by atoms with Gasteiger partial charge >= 0.3 is 0 Å². The summed E-state index contributed by atoms with van der Waals surface area (Å²) >= 11 is 6.07. The van der Waals surface area contributed by atoms with Crippen LogP contribution in [-0.4, -0.2) is 12.0 Å². The van der Waals surface area contributed by atoms with E-state index in [0.29, 0.717) is 10.8 Å². The molecule has 0 aliphatic rings. The summed E-state index contributed by atoms with van der Waals surface area (Å²) in [5, 5.41) is 3.33. The average molecular weight is 304 g/mol. The van der Waals surface area contributed by atoms with Crippen LogP contribution in [0.2, 0.25) is 5.02 Å². The Morgan fingerprint density at radius 3 is 2.57 bits per heavy atom. The molecule has 0 spiro atoms. The summed E-state index contributed by atoms with van der Waals surface area (Å²) in [6.07, 6.45) is -0.634. The standard InChI is InChI=1S/C17H18ClNO2/c1-11-5-4-6-14(9-11)19-17(20)13(3)21-16-10-12(2)7-8-15(16)18/h4-10,13H,1-3H3,(H,19,20)/t13-/m0/s1. The minimum atomic E-state index is -0.634. The van der Waals surface area contributed by atoms with E-state index in [1.54, 1.807) is 13.0 Å². The predicted octanol–water partition coefficient (Wildman–Crippen LogP) is 4.36. The lowest BCUT2D eigenvalue weighted by molar-refractivity contribution is -0.122. The lowest BCUT2D eigenvalue weighted by Crippen LogP contribution is -2.30. The number of nitrogens with one attached hydrogen (secondary N) is 1. The zero-order chi connectivity index (χ0) is 15.4. The number of aryl methyl sites for hydroxylation is 2. The molecule has 3 nitrogen and oxygen atoms in total. The van der Waals surface area contributed by atoms with Gasteiger partial charge in [0.25, 0.3) is 5.91 Å². The SMILES string of the molecule is Cc1cccc(NC(=O)[C@H](C)Oc2cc(C)ccc2Cl)c1. The third-order valence-electron chi connectivity index (χ3n) is 3.05. The number of anilines is 1. The molecule has 0 radical (unpaired) electrons. The Labute approximate surface area is 129 Å². The van der Waals surface area contributed by atoms with Crippen molar-refractivity contribution in [2.75, 3.05) is 5.32 Å². The summed E-state index contributed by atoms with van der Waals surface area (Å²) in [6, 6.07) is 13.1. The van der Waals surface area contributed by atoms with E-state index >= 15 is 0 Å². The van der Waals surface area contributed by atoms with Crippen LogP contribution in [0, 0.1) is 13.8 Å². The highest BCUT2D eigenvalue weighted by Crippen LogP contribution is 2.26. The molecular weight excluding hydrogens is 286 g/mol. The summed E-state index contributed by atoms with van der Waals surface area (Å²) in [6.45, 7) is 5.62. The van der Waals surface area contributed by atoms with Gasteiger partial charge < -0.3 is 10.1 Å². The smallest absolute Gasteiger partial charge is 0.265 e. The zero-order valence-corrected chi connectivity index (χ0v) is 13.1. The highest BCUT2D eigenvalue weighted by molar-refractivity contribution is 6.32. The highest BCUT2D eigenvalue weighted by Gasteiger charge is 2.16. The van der Waals surface area contributed by atoms with Gasteiger partial charge in [-0.05, 0) is 56.2 Å². The van der Waals surface area contributed by atoms with Gasteiger partial charge in [0.05, 0.1) is 5.02 Å². The molecule has 0 saturated heterocycles. The molecule has 1 N–H and O–H groups in total. The lowest BCUT2D eigenvalue weighted by atomic mass is 10.2. The third-order valence-corrected chi connectivity index (χ3v) is 3.36. The summed E-state index contributed by atoms with van der Waals surface area (Å²) in [5.74, 6) is 0.307. The first-order valence-electron chi connectivity index (χ1n) is 6.76. The largest absolute Gasteiger partial charge is 0.479 e. The van der Waals surface area contributed by atoms with Crippen LogP contribution in [0.4, 0.5) is 5.69 Å². The van der Waals surface area contributed by atoms with Crippen molar-refractivity contribution in [2.24, 2.45) is 0 Å². The molecule has 1 amide bonds. The molecule has 0 unspecified atom stereocenters. The Morgan fingerprint density at radius 2 is 1.86 bits per heavy atom. The molecule has 0 aliphatic heterocycles. The fourth-order valence-electron chi connectivity index (χ4n) is 1.91. The first-order chi connectivity index (χ1) is 9.95. The normalized spacial score (nSPS) is 11.8. The lowest BCUT2D eigenvalue weighted by Gasteiger charge is -2.16. The van der Waals surface area contributed by atoms with Crippen molar-refractivity contribution >= 4 is 23.2 Å². The molecule has 2 rings (SSSR count). The predicted molar refractivity (Wildman–Crippen MR) is 86.1 cm³/mol. The maximum atomic E-state index is 12.1. The molecule has 0 bridgehead atoms. The number of amides is 1. The van der Waals surface area contributed by atoms with Crippen molar-refractivity contribution in [1.82, 2.24) is 0 Å². The molecule has 110 valence electrons. The molecule has 0 aromatic heterocycles. The van der Waals surface area contributed by atoms with E-state index in [0.717, 1.165) is 16.8 Å². The molecule has 1 atom stereocenters. The fourth-order valence-corrected chi connectivity index (χ4v) is 2.07. The Hall–Kier alpha value is -2.00. The Bertz CT molecular complexity index is 655. The fraction of sp³-hybridized carbons (Fsp3) is 0.235. The van der Waals surface area contributed by atoms with Gasteiger partial charge in [-0.3, -0.25) is 4.79 Å². The van der Waals surface area contributed by atoms with Crippen molar-refractivity contribution in [2.45, 2.75) is 26.9 Å². The van der Waals surface area contributed by atoms with Crippen LogP contribution in [-0.2, 0) is 4.79 Å². The highest BCUT2D eigenvalue weighted by atomic mass is 35.5. The van der Waals surface area contributed by atoms with Crippen LogP contribution in [0.25, 0.3) is 0 Å². The Morgan fingerprint density at radius 1 is 1.14 bits per heavy atom. The van der Waals surface area contributed by atoms with E-state index < -0.39 is 6.10 Å². The summed E-state index contributed by atoms with van der Waals surface area (Å²) < 4.78 is 5.65. The van der Waals surface area contributed by atoms with Crippen LogP contribution in [0.1, 0.15) is 18.1 Å². The van der Waals surface area contributed by atoms with Crippen LogP contribution in [0.15, 0.2) is 42.5 Å². The molecule has 4 heteroatoms. The van der Waals surface area contributed by atoms with E-state index in [1.165, 1.54) is 0 Å². The molecule has 0 saturated carbocycles. The van der Waals surface area contributed by atoms with Crippen molar-refractivity contribution < 1.29 is 9.53 Å². The van der Waals surface area contributed by atoms with E-state index in [4.69, 9.17) is 16.3 Å². The van der Waals surface area contributed by atoms with Crippen LogP contribution >= 0.6 is 11.6 Å². The number of halogens is 1. The number of rotatable bonds is 4. The number of benzene rings is 2. The van der Waals surface area contributed by atoms with Gasteiger partial charge in [0, 0.05) is 5.69 Å². The third kappa shape index (κ3) is 4.23. The Balaban J connectivity index is 2.04. The minimum absolute atomic E-state index is 0.210. The second-order valence-corrected chi connectivity index (χ2v) is 5.46. The molecule has 0 heterocycles. The van der Waals surface area contributed by atoms with Crippen molar-refractivity contribution in [3.8, 4) is 5.75 Å². The van der Waals surface area contributed by atoms with E-state index in [2.05, 4.69) is 5.32 Å². The number of hydrogen-bond acceptors (Lipinski definition) is 2. The van der Waals surface area contributed by atoms with Gasteiger partial charge in [0.15, 0.2) is 6.10 Å². The van der Waals surface area contributed by atoms with E-state index in [-0.39, 0.29) is 5.91 Å². The quantitative estimate of drug-likeness (QED) is 0.911. The summed E-state index contributed by atoms with van der Waals surface area (Å²) in [7, 11) is 0. The average Bonchev–Trinajstić information content (AvgIpc) is 2.43. The monoisotopic (exact) mass is 303 g/mol. The van der Waals surface area contributed by atoms with Gasteiger partial charge in [0.1, 0.15) is 5.75 Å². The van der Waals surface area contributed by atoms with Gasteiger partial charge in [-0.1, -0.05) is 29.8 Å². The summed E-state index contributed by atoms with van der Waals surface area (Å²) in [5.41, 5.74) is 2.87. The Kier molecular flexibility index (Phi) is 4.86. The van der Waals surface area contributed by atoms with E-state index in [1.807, 2.05) is 50.2 Å². The molecule has 21 heavy (non-hydrogen) atoms. The van der Waals surface area contributed by atoms with Crippen molar-refractivity contribution in [3.05, 3.63) is 58.6 Å². The maximum absolute atomic E-state index is 12.1. The number of carbonyl (C=O) groups excluding carboxylic acids is 1. The van der Waals surface area contributed by atoms with Crippen LogP contribution in [0.5, 0.6) is 5.75 Å². The number of hydrogen-bond donors (Lipinski definition) is 1. The van der Waals surface area contributed by atoms with Crippen LogP contribution in [0.3, 0.4) is 0 Å². The first kappa shape index (κ1) is 15.4. The van der Waals surface area contributed by atoms with Crippen LogP contribution < -0.4 is 10.1 Å². The van der Waals surface area contributed by atoms with Gasteiger partial charge in [-0.2, -0.15) is 0 Å². The number of carbonyl (C=O) groups is 1. The van der Waals surface area contributed by atoms with E-state index in [9.17, 15) is 4.79 Å². The number of ether oxygens (including phenoxy) is 1. The second kappa shape index (κ2) is 6.64. The molecule has 0 fully saturated rings. The minimum Gasteiger partial charge on any atom is -0.479 e. The molecular formula is C17H18ClNO2.